The van der Waals surface area contributed by atoms with Gasteiger partial charge in [0.1, 0.15) is 5.75 Å². The third-order valence-corrected chi connectivity index (χ3v) is 7.14. The first-order chi connectivity index (χ1) is 16.0. The predicted octanol–water partition coefficient (Wildman–Crippen LogP) is 3.00. The molecule has 0 radical (unpaired) electrons. The van der Waals surface area contributed by atoms with Crippen LogP contribution >= 0.6 is 11.8 Å². The Morgan fingerprint density at radius 1 is 1.15 bits per heavy atom. The summed E-state index contributed by atoms with van der Waals surface area (Å²) in [6, 6.07) is 7.16. The summed E-state index contributed by atoms with van der Waals surface area (Å²) in [4.78, 5) is 37.1. The van der Waals surface area contributed by atoms with Gasteiger partial charge >= 0.3 is 5.97 Å². The lowest BCUT2D eigenvalue weighted by molar-refractivity contribution is -0.136. The third-order valence-electron chi connectivity index (χ3n) is 6.25. The van der Waals surface area contributed by atoms with E-state index in [1.54, 1.807) is 7.11 Å². The summed E-state index contributed by atoms with van der Waals surface area (Å²) in [5, 5.41) is 2.74. The average Bonchev–Trinajstić information content (AvgIpc) is 3.24. The number of amidine groups is 1. The maximum atomic E-state index is 13.2. The molecule has 1 fully saturated rings. The van der Waals surface area contributed by atoms with Gasteiger partial charge in [-0.05, 0) is 24.9 Å². The molecule has 9 heteroatoms. The Hall–Kier alpha value is -2.78. The molecule has 1 aromatic carbocycles. The van der Waals surface area contributed by atoms with Crippen molar-refractivity contribution in [3.63, 3.8) is 0 Å². The number of methoxy groups -OCH3 is 2. The number of esters is 1. The summed E-state index contributed by atoms with van der Waals surface area (Å²) in [6.45, 7) is 5.16. The van der Waals surface area contributed by atoms with Gasteiger partial charge in [-0.15, -0.1) is 0 Å². The van der Waals surface area contributed by atoms with Crippen LogP contribution in [0.15, 0.2) is 51.6 Å². The molecule has 3 aliphatic heterocycles. The second-order valence-electron chi connectivity index (χ2n) is 8.20. The lowest BCUT2D eigenvalue weighted by atomic mass is 9.92. The number of hydrogen-bond acceptors (Lipinski definition) is 8. The Kier molecular flexibility index (Phi) is 7.09. The molecule has 1 atom stereocenters. The highest BCUT2D eigenvalue weighted by atomic mass is 32.2. The standard InChI is InChI=1S/C24H30N4O4S/c1-5-18-21(23(30)32-4)22(17-8-6-7-9-19(17)31-3)28-16(15-33-24(28)25-18)14-20(29)27-12-10-26(2)11-13-27/h6-9,15,22H,5,10-14H2,1-4H3/t22-/m0/s1. The van der Waals surface area contributed by atoms with Crippen molar-refractivity contribution in [1.29, 1.82) is 0 Å². The molecule has 0 saturated carbocycles. The molecule has 3 aliphatic rings. The van der Waals surface area contributed by atoms with Gasteiger partial charge in [0.05, 0.1) is 38.0 Å². The van der Waals surface area contributed by atoms with Crippen molar-refractivity contribution in [2.45, 2.75) is 25.8 Å². The van der Waals surface area contributed by atoms with Crippen LogP contribution in [0.2, 0.25) is 0 Å². The van der Waals surface area contributed by atoms with E-state index in [1.165, 1.54) is 18.9 Å². The number of benzene rings is 1. The molecule has 176 valence electrons. The van der Waals surface area contributed by atoms with E-state index in [0.29, 0.717) is 23.4 Å². The number of piperazine rings is 1. The van der Waals surface area contributed by atoms with E-state index in [-0.39, 0.29) is 12.3 Å². The summed E-state index contributed by atoms with van der Waals surface area (Å²) in [5.74, 6) is 0.328. The minimum absolute atomic E-state index is 0.0832. The van der Waals surface area contributed by atoms with Crippen LogP contribution in [0, 0.1) is 0 Å². The van der Waals surface area contributed by atoms with Crippen molar-refractivity contribution in [2.75, 3.05) is 47.4 Å². The summed E-state index contributed by atoms with van der Waals surface area (Å²) >= 11 is 1.48. The Labute approximate surface area is 198 Å². The SMILES string of the molecule is CCC1=C(C(=O)OC)[C@H](c2ccccc2OC)N2C(CC(=O)N3CCN(C)CC3)=CSC2=N1. The minimum Gasteiger partial charge on any atom is -0.496 e. The van der Waals surface area contributed by atoms with Crippen molar-refractivity contribution in [3.8, 4) is 5.75 Å². The number of fused-ring (bicyclic) bond motifs is 1. The zero-order chi connectivity index (χ0) is 23.5. The van der Waals surface area contributed by atoms with Crippen LogP contribution in [-0.4, -0.2) is 79.2 Å². The normalized spacial score (nSPS) is 20.9. The first-order valence-electron chi connectivity index (χ1n) is 11.1. The number of allylic oxidation sites excluding steroid dienone is 1. The van der Waals surface area contributed by atoms with Crippen LogP contribution in [0.1, 0.15) is 31.4 Å². The fourth-order valence-electron chi connectivity index (χ4n) is 4.42. The third kappa shape index (κ3) is 4.52. The molecule has 0 N–H and O–H groups in total. The topological polar surface area (TPSA) is 74.7 Å². The number of amides is 1. The molecule has 1 saturated heterocycles. The van der Waals surface area contributed by atoms with E-state index in [0.717, 1.165) is 42.6 Å². The summed E-state index contributed by atoms with van der Waals surface area (Å²) < 4.78 is 10.8. The molecular formula is C24H30N4O4S. The Morgan fingerprint density at radius 3 is 2.55 bits per heavy atom. The van der Waals surface area contributed by atoms with Crippen molar-refractivity contribution in [1.82, 2.24) is 14.7 Å². The van der Waals surface area contributed by atoms with Crippen LogP contribution in [0.3, 0.4) is 0 Å². The lowest BCUT2D eigenvalue weighted by Crippen LogP contribution is -2.47. The molecule has 8 nitrogen and oxygen atoms in total. The van der Waals surface area contributed by atoms with Gasteiger partial charge in [0.15, 0.2) is 5.17 Å². The number of para-hydroxylation sites is 1. The molecule has 1 amide bonds. The number of nitrogens with zero attached hydrogens (tertiary/aromatic N) is 4. The fourth-order valence-corrected chi connectivity index (χ4v) is 5.36. The van der Waals surface area contributed by atoms with E-state index in [1.807, 2.05) is 46.4 Å². The lowest BCUT2D eigenvalue weighted by Gasteiger charge is -2.38. The van der Waals surface area contributed by atoms with E-state index in [4.69, 9.17) is 14.5 Å². The molecular weight excluding hydrogens is 440 g/mol. The number of aliphatic imine (C=N–C) groups is 1. The van der Waals surface area contributed by atoms with Crippen LogP contribution in [-0.2, 0) is 14.3 Å². The van der Waals surface area contributed by atoms with Gasteiger partial charge in [0.2, 0.25) is 5.91 Å². The maximum Gasteiger partial charge on any atom is 0.338 e. The van der Waals surface area contributed by atoms with E-state index in [2.05, 4.69) is 11.9 Å². The monoisotopic (exact) mass is 470 g/mol. The van der Waals surface area contributed by atoms with Crippen molar-refractivity contribution >= 4 is 28.8 Å². The number of carbonyl (C=O) groups excluding carboxylic acids is 2. The highest BCUT2D eigenvalue weighted by molar-refractivity contribution is 8.16. The van der Waals surface area contributed by atoms with Gasteiger partial charge in [-0.25, -0.2) is 9.79 Å². The van der Waals surface area contributed by atoms with Crippen molar-refractivity contribution < 1.29 is 19.1 Å². The molecule has 0 bridgehead atoms. The van der Waals surface area contributed by atoms with Gasteiger partial charge in [0.25, 0.3) is 0 Å². The summed E-state index contributed by atoms with van der Waals surface area (Å²) in [6.07, 6.45) is 0.834. The molecule has 1 aromatic rings. The number of ether oxygens (including phenoxy) is 2. The largest absolute Gasteiger partial charge is 0.496 e. The van der Waals surface area contributed by atoms with E-state index in [9.17, 15) is 9.59 Å². The first-order valence-corrected chi connectivity index (χ1v) is 12.0. The molecule has 3 heterocycles. The predicted molar refractivity (Wildman–Crippen MR) is 129 cm³/mol. The summed E-state index contributed by atoms with van der Waals surface area (Å²) in [7, 11) is 5.07. The van der Waals surface area contributed by atoms with Crippen LogP contribution in [0.25, 0.3) is 0 Å². The molecule has 0 spiro atoms. The highest BCUT2D eigenvalue weighted by Crippen LogP contribution is 2.47. The number of carbonyl (C=O) groups is 2. The van der Waals surface area contributed by atoms with Gasteiger partial charge in [-0.3, -0.25) is 4.79 Å². The number of hydrogen-bond donors (Lipinski definition) is 0. The quantitative estimate of drug-likeness (QED) is 0.592. The average molecular weight is 471 g/mol. The molecule has 0 unspecified atom stereocenters. The molecule has 0 aliphatic carbocycles. The van der Waals surface area contributed by atoms with E-state index < -0.39 is 12.0 Å². The number of likely N-dealkylation sites (N-methyl/N-ethyl adjacent to an activating group) is 1. The van der Waals surface area contributed by atoms with Crippen LogP contribution in [0.4, 0.5) is 0 Å². The van der Waals surface area contributed by atoms with E-state index >= 15 is 0 Å². The molecule has 0 aromatic heterocycles. The Balaban J connectivity index is 1.72. The van der Waals surface area contributed by atoms with Crippen LogP contribution in [0.5, 0.6) is 5.75 Å². The highest BCUT2D eigenvalue weighted by Gasteiger charge is 2.42. The zero-order valence-electron chi connectivity index (χ0n) is 19.5. The molecule has 33 heavy (non-hydrogen) atoms. The second kappa shape index (κ2) is 10.0. The first kappa shape index (κ1) is 23.4. The van der Waals surface area contributed by atoms with Crippen molar-refractivity contribution in [2.24, 2.45) is 4.99 Å². The Morgan fingerprint density at radius 2 is 1.88 bits per heavy atom. The Bertz CT molecular complexity index is 1030. The fraction of sp³-hybridized carbons (Fsp3) is 0.458. The summed E-state index contributed by atoms with van der Waals surface area (Å²) in [5.41, 5.74) is 2.83. The second-order valence-corrected chi connectivity index (χ2v) is 9.04. The van der Waals surface area contributed by atoms with Gasteiger partial charge < -0.3 is 24.2 Å². The molecule has 4 rings (SSSR count). The van der Waals surface area contributed by atoms with Gasteiger partial charge in [-0.1, -0.05) is 36.9 Å². The van der Waals surface area contributed by atoms with Gasteiger partial charge in [-0.2, -0.15) is 0 Å². The zero-order valence-corrected chi connectivity index (χ0v) is 20.4. The number of thioether (sulfide) groups is 1. The smallest absolute Gasteiger partial charge is 0.338 e. The van der Waals surface area contributed by atoms with Gasteiger partial charge in [0, 0.05) is 37.4 Å². The minimum atomic E-state index is -0.488. The maximum absolute atomic E-state index is 13.2. The number of rotatable bonds is 6. The van der Waals surface area contributed by atoms with Crippen LogP contribution < -0.4 is 4.74 Å². The van der Waals surface area contributed by atoms with Crippen molar-refractivity contribution in [3.05, 3.63) is 52.2 Å².